The lowest BCUT2D eigenvalue weighted by atomic mass is 10.2. The predicted octanol–water partition coefficient (Wildman–Crippen LogP) is 3.91. The Balaban J connectivity index is 1.48. The molecule has 1 heterocycles. The van der Waals surface area contributed by atoms with Gasteiger partial charge in [-0.2, -0.15) is 0 Å². The third kappa shape index (κ3) is 5.83. The number of aromatic nitrogens is 1. The molecule has 3 rings (SSSR count). The van der Waals surface area contributed by atoms with E-state index >= 15 is 0 Å². The van der Waals surface area contributed by atoms with Crippen LogP contribution in [0.4, 0.5) is 14.5 Å². The number of benzene rings is 2. The molecule has 8 heteroatoms. The fourth-order valence-corrected chi connectivity index (χ4v) is 2.41. The molecule has 148 valence electrons. The molecule has 0 aliphatic carbocycles. The zero-order valence-corrected chi connectivity index (χ0v) is 15.2. The number of carbonyl (C=O) groups excluding carboxylic acids is 2. The molecule has 0 atom stereocenters. The highest BCUT2D eigenvalue weighted by Crippen LogP contribution is 2.25. The van der Waals surface area contributed by atoms with E-state index in [9.17, 15) is 18.4 Å². The quantitative estimate of drug-likeness (QED) is 0.634. The number of hydrogen-bond donors (Lipinski definition) is 2. The van der Waals surface area contributed by atoms with Crippen molar-refractivity contribution in [2.24, 2.45) is 0 Å². The van der Waals surface area contributed by atoms with E-state index in [-0.39, 0.29) is 30.5 Å². The Bertz CT molecular complexity index is 996. The summed E-state index contributed by atoms with van der Waals surface area (Å²) in [6.07, 6.45) is 3.23. The minimum atomic E-state index is -0.823. The molecule has 0 fully saturated rings. The summed E-state index contributed by atoms with van der Waals surface area (Å²) in [5, 5.41) is 5.31. The molecule has 2 N–H and O–H groups in total. The van der Waals surface area contributed by atoms with Gasteiger partial charge in [-0.15, -0.1) is 0 Å². The van der Waals surface area contributed by atoms with Crippen LogP contribution in [-0.4, -0.2) is 23.3 Å². The van der Waals surface area contributed by atoms with Crippen molar-refractivity contribution < 1.29 is 23.1 Å². The van der Waals surface area contributed by atoms with Crippen molar-refractivity contribution in [2.75, 3.05) is 11.9 Å². The summed E-state index contributed by atoms with van der Waals surface area (Å²) in [6, 6.07) is 12.4. The molecule has 0 radical (unpaired) electrons. The second kappa shape index (κ2) is 9.41. The van der Waals surface area contributed by atoms with Crippen molar-refractivity contribution in [3.05, 3.63) is 84.2 Å². The predicted molar refractivity (Wildman–Crippen MR) is 103 cm³/mol. The van der Waals surface area contributed by atoms with E-state index in [2.05, 4.69) is 15.6 Å². The van der Waals surface area contributed by atoms with E-state index < -0.39 is 11.6 Å². The van der Waals surface area contributed by atoms with Gasteiger partial charge in [0.2, 0.25) is 5.91 Å². The zero-order chi connectivity index (χ0) is 20.6. The van der Waals surface area contributed by atoms with Crippen molar-refractivity contribution in [3.8, 4) is 11.5 Å². The van der Waals surface area contributed by atoms with Gasteiger partial charge in [0, 0.05) is 30.8 Å². The van der Waals surface area contributed by atoms with E-state index in [1.807, 2.05) is 0 Å². The Hall–Kier alpha value is -3.81. The smallest absolute Gasteiger partial charge is 0.251 e. The highest BCUT2D eigenvalue weighted by atomic mass is 19.1. The summed E-state index contributed by atoms with van der Waals surface area (Å²) in [6.45, 7) is 0.157. The van der Waals surface area contributed by atoms with E-state index in [1.165, 1.54) is 36.5 Å². The van der Waals surface area contributed by atoms with E-state index in [1.54, 1.807) is 18.3 Å². The summed E-state index contributed by atoms with van der Waals surface area (Å²) in [5.74, 6) is -1.96. The maximum Gasteiger partial charge on any atom is 0.251 e. The number of ether oxygens (including phenoxy) is 1. The maximum atomic E-state index is 13.6. The van der Waals surface area contributed by atoms with Gasteiger partial charge in [-0.1, -0.05) is 0 Å². The van der Waals surface area contributed by atoms with Crippen LogP contribution in [-0.2, 0) is 4.79 Å². The van der Waals surface area contributed by atoms with Gasteiger partial charge in [0.1, 0.15) is 11.6 Å². The minimum absolute atomic E-state index is 0.103. The highest BCUT2D eigenvalue weighted by molar-refractivity contribution is 5.95. The largest absolute Gasteiger partial charge is 0.454 e. The lowest BCUT2D eigenvalue weighted by molar-refractivity contribution is -0.116. The average molecular weight is 397 g/mol. The Labute approximate surface area is 165 Å². The first-order chi connectivity index (χ1) is 14.0. The molecule has 3 aromatic rings. The monoisotopic (exact) mass is 397 g/mol. The molecule has 0 aliphatic heterocycles. The molecule has 1 aromatic heterocycles. The van der Waals surface area contributed by atoms with Crippen LogP contribution in [0.3, 0.4) is 0 Å². The Morgan fingerprint density at radius 1 is 1.03 bits per heavy atom. The fraction of sp³-hybridized carbons (Fsp3) is 0.0952. The first kappa shape index (κ1) is 19.9. The van der Waals surface area contributed by atoms with Gasteiger partial charge in [-0.05, 0) is 48.5 Å². The third-order valence-corrected chi connectivity index (χ3v) is 3.82. The van der Waals surface area contributed by atoms with Crippen LogP contribution in [0, 0.1) is 11.6 Å². The van der Waals surface area contributed by atoms with E-state index in [4.69, 9.17) is 4.74 Å². The third-order valence-electron chi connectivity index (χ3n) is 3.82. The fourth-order valence-electron chi connectivity index (χ4n) is 2.41. The van der Waals surface area contributed by atoms with E-state index in [0.29, 0.717) is 17.0 Å². The molecule has 0 unspecified atom stereocenters. The second-order valence-corrected chi connectivity index (χ2v) is 6.00. The molecule has 0 saturated heterocycles. The van der Waals surface area contributed by atoms with Gasteiger partial charge in [0.05, 0.1) is 11.9 Å². The number of nitrogens with one attached hydrogen (secondary N) is 2. The van der Waals surface area contributed by atoms with Crippen LogP contribution in [0.25, 0.3) is 0 Å². The van der Waals surface area contributed by atoms with Gasteiger partial charge < -0.3 is 15.4 Å². The van der Waals surface area contributed by atoms with Gasteiger partial charge in [-0.3, -0.25) is 14.6 Å². The number of halogens is 2. The summed E-state index contributed by atoms with van der Waals surface area (Å²) in [5.41, 5.74) is 0.932. The standard InChI is InChI=1S/C21H17F2N3O3/c22-15-5-8-19(18(23)12-15)29-17-6-3-14(4-7-17)21(28)25-11-9-20(27)26-16-2-1-10-24-13-16/h1-8,10,12-13H,9,11H2,(H,25,28)(H,26,27). The van der Waals surface area contributed by atoms with Crippen molar-refractivity contribution in [2.45, 2.75) is 6.42 Å². The van der Waals surface area contributed by atoms with Gasteiger partial charge >= 0.3 is 0 Å². The number of anilines is 1. The highest BCUT2D eigenvalue weighted by Gasteiger charge is 2.09. The Morgan fingerprint density at radius 2 is 1.83 bits per heavy atom. The van der Waals surface area contributed by atoms with Crippen LogP contribution in [0.2, 0.25) is 0 Å². The second-order valence-electron chi connectivity index (χ2n) is 6.00. The first-order valence-electron chi connectivity index (χ1n) is 8.72. The van der Waals surface area contributed by atoms with Crippen LogP contribution in [0.1, 0.15) is 16.8 Å². The van der Waals surface area contributed by atoms with Crippen molar-refractivity contribution in [3.63, 3.8) is 0 Å². The number of amides is 2. The van der Waals surface area contributed by atoms with Crippen LogP contribution in [0.5, 0.6) is 11.5 Å². The lowest BCUT2D eigenvalue weighted by Gasteiger charge is -2.09. The first-order valence-corrected chi connectivity index (χ1v) is 8.72. The average Bonchev–Trinajstić information content (AvgIpc) is 2.71. The molecule has 0 saturated carbocycles. The van der Waals surface area contributed by atoms with Gasteiger partial charge in [-0.25, -0.2) is 8.78 Å². The summed E-state index contributed by atoms with van der Waals surface area (Å²) in [7, 11) is 0. The summed E-state index contributed by atoms with van der Waals surface area (Å²) in [4.78, 5) is 27.9. The molecule has 6 nitrogen and oxygen atoms in total. The van der Waals surface area contributed by atoms with Crippen LogP contribution in [0.15, 0.2) is 67.0 Å². The molecule has 0 bridgehead atoms. The lowest BCUT2D eigenvalue weighted by Crippen LogP contribution is -2.27. The normalized spacial score (nSPS) is 10.3. The summed E-state index contributed by atoms with van der Waals surface area (Å²) < 4.78 is 31.9. The molecule has 0 aliphatic rings. The van der Waals surface area contributed by atoms with Gasteiger partial charge in [0.25, 0.3) is 5.91 Å². The van der Waals surface area contributed by atoms with Crippen molar-refractivity contribution >= 4 is 17.5 Å². The number of pyridine rings is 1. The molecule has 2 aromatic carbocycles. The SMILES string of the molecule is O=C(CCNC(=O)c1ccc(Oc2ccc(F)cc2F)cc1)Nc1cccnc1. The van der Waals surface area contributed by atoms with Crippen molar-refractivity contribution in [1.82, 2.24) is 10.3 Å². The molecule has 0 spiro atoms. The Morgan fingerprint density at radius 3 is 2.52 bits per heavy atom. The number of carbonyl (C=O) groups is 2. The Kier molecular flexibility index (Phi) is 6.47. The van der Waals surface area contributed by atoms with Crippen LogP contribution < -0.4 is 15.4 Å². The maximum absolute atomic E-state index is 13.6. The van der Waals surface area contributed by atoms with Crippen molar-refractivity contribution in [1.29, 1.82) is 0 Å². The molecular formula is C21H17F2N3O3. The number of rotatable bonds is 7. The summed E-state index contributed by atoms with van der Waals surface area (Å²) >= 11 is 0. The van der Waals surface area contributed by atoms with E-state index in [0.717, 1.165) is 12.1 Å². The van der Waals surface area contributed by atoms with Crippen LogP contribution >= 0.6 is 0 Å². The molecule has 2 amide bonds. The number of hydrogen-bond acceptors (Lipinski definition) is 4. The molecular weight excluding hydrogens is 380 g/mol. The minimum Gasteiger partial charge on any atom is -0.454 e. The zero-order valence-electron chi connectivity index (χ0n) is 15.2. The number of nitrogens with zero attached hydrogens (tertiary/aromatic N) is 1. The topological polar surface area (TPSA) is 80.3 Å². The van der Waals surface area contributed by atoms with Gasteiger partial charge in [0.15, 0.2) is 11.6 Å². The molecule has 29 heavy (non-hydrogen) atoms.